The smallest absolute Gasteiger partial charge is 0.183 e. The van der Waals surface area contributed by atoms with Crippen molar-refractivity contribution in [3.8, 4) is 0 Å². The van der Waals surface area contributed by atoms with Crippen LogP contribution < -0.4 is 10.6 Å². The molecule has 0 atom stereocenters. The summed E-state index contributed by atoms with van der Waals surface area (Å²) in [6.45, 7) is 6.24. The first-order chi connectivity index (χ1) is 9.31. The Morgan fingerprint density at radius 1 is 1.37 bits per heavy atom. The van der Waals surface area contributed by atoms with E-state index in [0.29, 0.717) is 0 Å². The predicted octanol–water partition coefficient (Wildman–Crippen LogP) is 1.75. The number of rotatable bonds is 4. The van der Waals surface area contributed by atoms with Crippen molar-refractivity contribution in [1.82, 2.24) is 15.2 Å². The number of aromatic nitrogens is 1. The first-order valence-electron chi connectivity index (χ1n) is 6.54. The lowest BCUT2D eigenvalue weighted by atomic mass is 10.3. The van der Waals surface area contributed by atoms with Crippen LogP contribution >= 0.6 is 11.3 Å². The zero-order chi connectivity index (χ0) is 13.1. The number of hydrogen-bond donors (Lipinski definition) is 2. The molecule has 1 fully saturated rings. The number of halogens is 1. The Kier molecular flexibility index (Phi) is 3.91. The monoisotopic (exact) mass is 280 g/mol. The average molecular weight is 280 g/mol. The fourth-order valence-electron chi connectivity index (χ4n) is 2.23. The van der Waals surface area contributed by atoms with Crippen molar-refractivity contribution < 1.29 is 4.39 Å². The van der Waals surface area contributed by atoms with Crippen LogP contribution in [0.3, 0.4) is 0 Å². The fraction of sp³-hybridized carbons (Fsp3) is 0.462. The molecule has 0 amide bonds. The van der Waals surface area contributed by atoms with Crippen LogP contribution in [0, 0.1) is 5.82 Å². The van der Waals surface area contributed by atoms with E-state index in [1.54, 1.807) is 6.07 Å². The van der Waals surface area contributed by atoms with Gasteiger partial charge >= 0.3 is 0 Å². The third kappa shape index (κ3) is 3.20. The van der Waals surface area contributed by atoms with Crippen molar-refractivity contribution in [3.63, 3.8) is 0 Å². The van der Waals surface area contributed by atoms with Gasteiger partial charge in [0.1, 0.15) is 5.82 Å². The molecule has 0 saturated carbocycles. The van der Waals surface area contributed by atoms with E-state index in [0.717, 1.165) is 54.6 Å². The molecule has 2 heterocycles. The molecule has 3 rings (SSSR count). The molecule has 2 aromatic rings. The van der Waals surface area contributed by atoms with Gasteiger partial charge in [-0.15, -0.1) is 0 Å². The van der Waals surface area contributed by atoms with Crippen LogP contribution in [0.1, 0.15) is 0 Å². The van der Waals surface area contributed by atoms with Gasteiger partial charge in [0.25, 0.3) is 0 Å². The number of hydrogen-bond acceptors (Lipinski definition) is 5. The molecule has 19 heavy (non-hydrogen) atoms. The van der Waals surface area contributed by atoms with Crippen LogP contribution in [-0.2, 0) is 0 Å². The molecule has 4 nitrogen and oxygen atoms in total. The highest BCUT2D eigenvalue weighted by Crippen LogP contribution is 2.26. The van der Waals surface area contributed by atoms with E-state index in [2.05, 4.69) is 20.5 Å². The second-order valence-corrected chi connectivity index (χ2v) is 5.68. The molecular weight excluding hydrogens is 263 g/mol. The van der Waals surface area contributed by atoms with Crippen LogP contribution in [-0.4, -0.2) is 49.2 Å². The summed E-state index contributed by atoms with van der Waals surface area (Å²) < 4.78 is 14.0. The van der Waals surface area contributed by atoms with Crippen molar-refractivity contribution >= 4 is 26.7 Å². The number of nitrogens with one attached hydrogen (secondary N) is 2. The Hall–Kier alpha value is -1.24. The van der Waals surface area contributed by atoms with Crippen LogP contribution in [0.25, 0.3) is 10.2 Å². The second kappa shape index (κ2) is 5.81. The number of fused-ring (bicyclic) bond motifs is 1. The number of piperazine rings is 1. The molecule has 0 spiro atoms. The average Bonchev–Trinajstić information content (AvgIpc) is 2.82. The molecule has 1 aliphatic heterocycles. The Labute approximate surface area is 115 Å². The van der Waals surface area contributed by atoms with Gasteiger partial charge < -0.3 is 10.6 Å². The van der Waals surface area contributed by atoms with Crippen molar-refractivity contribution in [2.24, 2.45) is 0 Å². The maximum atomic E-state index is 13.1. The summed E-state index contributed by atoms with van der Waals surface area (Å²) in [5.74, 6) is -0.205. The highest BCUT2D eigenvalue weighted by atomic mass is 32.1. The van der Waals surface area contributed by atoms with Crippen molar-refractivity contribution in [2.45, 2.75) is 0 Å². The minimum Gasteiger partial charge on any atom is -0.360 e. The molecule has 0 bridgehead atoms. The molecule has 2 N–H and O–H groups in total. The van der Waals surface area contributed by atoms with Gasteiger partial charge in [0.2, 0.25) is 0 Å². The predicted molar refractivity (Wildman–Crippen MR) is 77.4 cm³/mol. The van der Waals surface area contributed by atoms with E-state index in [9.17, 15) is 4.39 Å². The second-order valence-electron chi connectivity index (χ2n) is 4.65. The van der Waals surface area contributed by atoms with Gasteiger partial charge in [-0.2, -0.15) is 0 Å². The van der Waals surface area contributed by atoms with Gasteiger partial charge in [-0.3, -0.25) is 4.90 Å². The van der Waals surface area contributed by atoms with E-state index >= 15 is 0 Å². The molecule has 1 saturated heterocycles. The zero-order valence-electron chi connectivity index (χ0n) is 10.7. The minimum atomic E-state index is -0.205. The van der Waals surface area contributed by atoms with Gasteiger partial charge in [0, 0.05) is 39.3 Å². The summed E-state index contributed by atoms with van der Waals surface area (Å²) >= 11 is 1.50. The summed E-state index contributed by atoms with van der Waals surface area (Å²) in [5.41, 5.74) is 0.857. The van der Waals surface area contributed by atoms with Gasteiger partial charge in [-0.05, 0) is 18.2 Å². The van der Waals surface area contributed by atoms with Crippen LogP contribution in [0.15, 0.2) is 18.2 Å². The molecule has 0 radical (unpaired) electrons. The normalized spacial score (nSPS) is 16.9. The van der Waals surface area contributed by atoms with Crippen LogP contribution in [0.4, 0.5) is 9.52 Å². The summed E-state index contributed by atoms with van der Waals surface area (Å²) in [6, 6.07) is 4.71. The maximum absolute atomic E-state index is 13.1. The third-order valence-electron chi connectivity index (χ3n) is 3.26. The molecule has 6 heteroatoms. The third-order valence-corrected chi connectivity index (χ3v) is 4.24. The van der Waals surface area contributed by atoms with E-state index in [4.69, 9.17) is 0 Å². The lowest BCUT2D eigenvalue weighted by Gasteiger charge is -2.26. The number of thiazole rings is 1. The Bertz CT molecular complexity index is 551. The standard InChI is InChI=1S/C13H17FN4S/c14-10-1-2-11-12(9-10)19-13(17-11)16-5-8-18-6-3-15-4-7-18/h1-2,9,15H,3-8H2,(H,16,17). The Morgan fingerprint density at radius 3 is 3.05 bits per heavy atom. The highest BCUT2D eigenvalue weighted by molar-refractivity contribution is 7.22. The van der Waals surface area contributed by atoms with E-state index in [-0.39, 0.29) is 5.82 Å². The van der Waals surface area contributed by atoms with Crippen molar-refractivity contribution in [2.75, 3.05) is 44.6 Å². The van der Waals surface area contributed by atoms with Crippen molar-refractivity contribution in [3.05, 3.63) is 24.0 Å². The molecular formula is C13H17FN4S. The SMILES string of the molecule is Fc1ccc2nc(NCCN3CCNCC3)sc2c1. The molecule has 102 valence electrons. The molecule has 1 aromatic carbocycles. The minimum absolute atomic E-state index is 0.205. The first-order valence-corrected chi connectivity index (χ1v) is 7.36. The van der Waals surface area contributed by atoms with Gasteiger partial charge in [0.15, 0.2) is 5.13 Å². The number of anilines is 1. The van der Waals surface area contributed by atoms with Crippen LogP contribution in [0.5, 0.6) is 0 Å². The van der Waals surface area contributed by atoms with E-state index in [1.165, 1.54) is 23.5 Å². The summed E-state index contributed by atoms with van der Waals surface area (Å²) in [6.07, 6.45) is 0. The van der Waals surface area contributed by atoms with Gasteiger partial charge in [0.05, 0.1) is 10.2 Å². The van der Waals surface area contributed by atoms with Gasteiger partial charge in [-0.25, -0.2) is 9.37 Å². The quantitative estimate of drug-likeness (QED) is 0.895. The number of nitrogens with zero attached hydrogens (tertiary/aromatic N) is 2. The maximum Gasteiger partial charge on any atom is 0.183 e. The topological polar surface area (TPSA) is 40.2 Å². The van der Waals surface area contributed by atoms with E-state index < -0.39 is 0 Å². The summed E-state index contributed by atoms with van der Waals surface area (Å²) in [4.78, 5) is 6.87. The van der Waals surface area contributed by atoms with Crippen molar-refractivity contribution in [1.29, 1.82) is 0 Å². The molecule has 1 aliphatic rings. The lowest BCUT2D eigenvalue weighted by Crippen LogP contribution is -2.45. The largest absolute Gasteiger partial charge is 0.360 e. The molecule has 1 aromatic heterocycles. The molecule has 0 aliphatic carbocycles. The van der Waals surface area contributed by atoms with E-state index in [1.807, 2.05) is 0 Å². The highest BCUT2D eigenvalue weighted by Gasteiger charge is 2.09. The Morgan fingerprint density at radius 2 is 2.21 bits per heavy atom. The fourth-order valence-corrected chi connectivity index (χ4v) is 3.15. The number of benzene rings is 1. The Balaban J connectivity index is 1.56. The zero-order valence-corrected chi connectivity index (χ0v) is 11.5. The van der Waals surface area contributed by atoms with Crippen LogP contribution in [0.2, 0.25) is 0 Å². The lowest BCUT2D eigenvalue weighted by molar-refractivity contribution is 0.249. The summed E-state index contributed by atoms with van der Waals surface area (Å²) in [7, 11) is 0. The first kappa shape index (κ1) is 12.8. The van der Waals surface area contributed by atoms with Gasteiger partial charge in [-0.1, -0.05) is 11.3 Å². The molecule has 0 unspecified atom stereocenters. The summed E-state index contributed by atoms with van der Waals surface area (Å²) in [5, 5.41) is 7.53.